The Balaban J connectivity index is 1.95. The summed E-state index contributed by atoms with van der Waals surface area (Å²) in [6.45, 7) is 10.6. The van der Waals surface area contributed by atoms with Gasteiger partial charge in [-0.15, -0.1) is 0 Å². The average Bonchev–Trinajstić information content (AvgIpc) is 2.91. The molecule has 3 atom stereocenters. The minimum absolute atomic E-state index is 0.131. The molecule has 3 heteroatoms. The molecule has 3 aliphatic rings. The van der Waals surface area contributed by atoms with Crippen LogP contribution in [0.1, 0.15) is 59.8 Å². The summed E-state index contributed by atoms with van der Waals surface area (Å²) < 4.78 is 0. The Kier molecular flexibility index (Phi) is 3.17. The van der Waals surface area contributed by atoms with Crippen LogP contribution >= 0.6 is 0 Å². The quantitative estimate of drug-likeness (QED) is 0.740. The van der Waals surface area contributed by atoms with Crippen molar-refractivity contribution in [2.75, 3.05) is 13.1 Å². The van der Waals surface area contributed by atoms with Gasteiger partial charge in [0.1, 0.15) is 5.41 Å². The number of amides is 1. The number of fused-ring (bicyclic) bond motifs is 1. The Morgan fingerprint density at radius 2 is 1.76 bits per heavy atom. The summed E-state index contributed by atoms with van der Waals surface area (Å²) in [7, 11) is 0. The van der Waals surface area contributed by atoms with E-state index in [-0.39, 0.29) is 22.7 Å². The zero-order valence-electron chi connectivity index (χ0n) is 13.9. The van der Waals surface area contributed by atoms with Crippen LogP contribution in [-0.2, 0) is 4.79 Å². The third-order valence-corrected chi connectivity index (χ3v) is 6.80. The highest BCUT2D eigenvalue weighted by Gasteiger charge is 2.73. The Labute approximate surface area is 128 Å². The molecule has 2 saturated carbocycles. The fourth-order valence-electron chi connectivity index (χ4n) is 5.46. The Morgan fingerprint density at radius 3 is 2.33 bits per heavy atom. The first-order chi connectivity index (χ1) is 9.76. The number of hydrogen-bond donors (Lipinski definition) is 0. The van der Waals surface area contributed by atoms with Gasteiger partial charge in [0.15, 0.2) is 0 Å². The van der Waals surface area contributed by atoms with E-state index < -0.39 is 5.41 Å². The van der Waals surface area contributed by atoms with E-state index in [1.807, 2.05) is 4.90 Å². The van der Waals surface area contributed by atoms with Crippen molar-refractivity contribution >= 4 is 5.91 Å². The zero-order chi connectivity index (χ0) is 15.5. The van der Waals surface area contributed by atoms with E-state index in [1.54, 1.807) is 0 Å². The van der Waals surface area contributed by atoms with E-state index in [1.165, 1.54) is 12.8 Å². The second-order valence-corrected chi connectivity index (χ2v) is 8.76. The molecule has 116 valence electrons. The van der Waals surface area contributed by atoms with E-state index in [9.17, 15) is 10.1 Å². The number of carbonyl (C=O) groups is 1. The summed E-state index contributed by atoms with van der Waals surface area (Å²) in [6, 6.07) is 2.53. The van der Waals surface area contributed by atoms with Crippen LogP contribution < -0.4 is 0 Å². The Bertz CT molecular complexity index is 496. The maximum atomic E-state index is 13.2. The summed E-state index contributed by atoms with van der Waals surface area (Å²) in [5.41, 5.74) is -0.687. The minimum atomic E-state index is -0.778. The minimum Gasteiger partial charge on any atom is -0.341 e. The van der Waals surface area contributed by atoms with Gasteiger partial charge >= 0.3 is 0 Å². The molecule has 0 N–H and O–H groups in total. The SMILES string of the molecule is CC1(C)CCC2C(C1)C(C#N)(C(=O)N1CCCC1)C2(C)C. The largest absolute Gasteiger partial charge is 0.341 e. The van der Waals surface area contributed by atoms with Gasteiger partial charge in [-0.1, -0.05) is 27.7 Å². The summed E-state index contributed by atoms with van der Waals surface area (Å²) in [6.07, 6.45) is 5.59. The molecular formula is C18H28N2O. The predicted octanol–water partition coefficient (Wildman–Crippen LogP) is 3.60. The standard InChI is InChI=1S/C18H28N2O/c1-16(2)8-7-13-14(11-16)18(12-19,17(13,3)4)15(21)20-9-5-6-10-20/h13-14H,5-11H2,1-4H3. The zero-order valence-corrected chi connectivity index (χ0v) is 13.9. The number of hydrogen-bond acceptors (Lipinski definition) is 2. The Morgan fingerprint density at radius 1 is 1.14 bits per heavy atom. The summed E-state index contributed by atoms with van der Waals surface area (Å²) >= 11 is 0. The van der Waals surface area contributed by atoms with Crippen molar-refractivity contribution in [1.29, 1.82) is 5.26 Å². The highest BCUT2D eigenvalue weighted by molar-refractivity contribution is 5.88. The molecule has 1 saturated heterocycles. The van der Waals surface area contributed by atoms with E-state index in [0.717, 1.165) is 32.4 Å². The monoisotopic (exact) mass is 288 g/mol. The van der Waals surface area contributed by atoms with Crippen molar-refractivity contribution in [3.63, 3.8) is 0 Å². The number of nitriles is 1. The predicted molar refractivity (Wildman–Crippen MR) is 82.3 cm³/mol. The van der Waals surface area contributed by atoms with E-state index in [0.29, 0.717) is 5.92 Å². The molecule has 2 aliphatic carbocycles. The van der Waals surface area contributed by atoms with Gasteiger partial charge in [0, 0.05) is 13.1 Å². The number of rotatable bonds is 1. The van der Waals surface area contributed by atoms with Crippen LogP contribution in [0.3, 0.4) is 0 Å². The van der Waals surface area contributed by atoms with Crippen LogP contribution in [0.4, 0.5) is 0 Å². The van der Waals surface area contributed by atoms with Crippen LogP contribution in [0, 0.1) is 39.4 Å². The normalized spacial score (nSPS) is 40.0. The topological polar surface area (TPSA) is 44.1 Å². The molecular weight excluding hydrogens is 260 g/mol. The molecule has 3 nitrogen and oxygen atoms in total. The third-order valence-electron chi connectivity index (χ3n) is 6.80. The van der Waals surface area contributed by atoms with Crippen LogP contribution in [-0.4, -0.2) is 23.9 Å². The molecule has 0 bridgehead atoms. The van der Waals surface area contributed by atoms with Gasteiger partial charge in [-0.2, -0.15) is 5.26 Å². The van der Waals surface area contributed by atoms with Crippen LogP contribution in [0.25, 0.3) is 0 Å². The maximum absolute atomic E-state index is 13.2. The molecule has 1 amide bonds. The molecule has 3 fully saturated rings. The van der Waals surface area contributed by atoms with Gasteiger partial charge in [0.25, 0.3) is 0 Å². The van der Waals surface area contributed by atoms with Crippen molar-refractivity contribution in [2.45, 2.75) is 59.8 Å². The smallest absolute Gasteiger partial charge is 0.243 e. The number of likely N-dealkylation sites (tertiary alicyclic amines) is 1. The third kappa shape index (κ3) is 1.81. The molecule has 1 heterocycles. The van der Waals surface area contributed by atoms with Crippen molar-refractivity contribution in [2.24, 2.45) is 28.1 Å². The first-order valence-electron chi connectivity index (χ1n) is 8.47. The first-order valence-corrected chi connectivity index (χ1v) is 8.47. The van der Waals surface area contributed by atoms with Crippen LogP contribution in [0.2, 0.25) is 0 Å². The molecule has 3 rings (SSSR count). The Hall–Kier alpha value is -1.04. The maximum Gasteiger partial charge on any atom is 0.243 e. The highest BCUT2D eigenvalue weighted by atomic mass is 16.2. The first kappa shape index (κ1) is 14.9. The molecule has 21 heavy (non-hydrogen) atoms. The second kappa shape index (κ2) is 4.48. The van der Waals surface area contributed by atoms with Crippen molar-refractivity contribution in [3.8, 4) is 6.07 Å². The number of nitrogens with zero attached hydrogens (tertiary/aromatic N) is 2. The van der Waals surface area contributed by atoms with E-state index in [4.69, 9.17) is 0 Å². The van der Waals surface area contributed by atoms with Gasteiger partial charge in [0.2, 0.25) is 5.91 Å². The lowest BCUT2D eigenvalue weighted by Gasteiger charge is -2.67. The number of carbonyl (C=O) groups excluding carboxylic acids is 1. The fourth-order valence-corrected chi connectivity index (χ4v) is 5.46. The lowest BCUT2D eigenvalue weighted by molar-refractivity contribution is -0.205. The van der Waals surface area contributed by atoms with Crippen molar-refractivity contribution < 1.29 is 4.79 Å². The lowest BCUT2D eigenvalue weighted by atomic mass is 9.35. The molecule has 0 aromatic rings. The van der Waals surface area contributed by atoms with Gasteiger partial charge in [-0.3, -0.25) is 4.79 Å². The molecule has 0 aromatic carbocycles. The van der Waals surface area contributed by atoms with Crippen LogP contribution in [0.15, 0.2) is 0 Å². The molecule has 0 spiro atoms. The van der Waals surface area contributed by atoms with Crippen molar-refractivity contribution in [1.82, 2.24) is 4.90 Å². The van der Waals surface area contributed by atoms with E-state index >= 15 is 0 Å². The van der Waals surface area contributed by atoms with Gasteiger partial charge in [-0.05, 0) is 54.8 Å². The highest BCUT2D eigenvalue weighted by Crippen LogP contribution is 2.71. The average molecular weight is 288 g/mol. The molecule has 3 unspecified atom stereocenters. The van der Waals surface area contributed by atoms with Gasteiger partial charge < -0.3 is 4.90 Å². The van der Waals surface area contributed by atoms with Gasteiger partial charge in [-0.25, -0.2) is 0 Å². The van der Waals surface area contributed by atoms with Crippen LogP contribution in [0.5, 0.6) is 0 Å². The fraction of sp³-hybridized carbons (Fsp3) is 0.889. The lowest BCUT2D eigenvalue weighted by Crippen LogP contribution is -2.70. The molecule has 0 aromatic heterocycles. The van der Waals surface area contributed by atoms with Gasteiger partial charge in [0.05, 0.1) is 6.07 Å². The summed E-state index contributed by atoms with van der Waals surface area (Å²) in [5.74, 6) is 0.928. The van der Waals surface area contributed by atoms with E-state index in [2.05, 4.69) is 33.8 Å². The summed E-state index contributed by atoms with van der Waals surface area (Å²) in [5, 5.41) is 10.0. The molecule has 0 radical (unpaired) electrons. The summed E-state index contributed by atoms with van der Waals surface area (Å²) in [4.78, 5) is 15.1. The van der Waals surface area contributed by atoms with Crippen molar-refractivity contribution in [3.05, 3.63) is 0 Å². The molecule has 1 aliphatic heterocycles. The second-order valence-electron chi connectivity index (χ2n) is 8.76.